The number of rotatable bonds is 3. The fraction of sp³-hybridized carbons (Fsp3) is 0.182. The van der Waals surface area contributed by atoms with E-state index in [9.17, 15) is 0 Å². The van der Waals surface area contributed by atoms with Gasteiger partial charge in [0.15, 0.2) is 0 Å². The predicted octanol–water partition coefficient (Wildman–Crippen LogP) is 3.43. The normalized spacial score (nSPS) is 10.7. The average Bonchev–Trinajstić information content (AvgIpc) is 2.61. The van der Waals surface area contributed by atoms with Crippen LogP contribution in [0.5, 0.6) is 0 Å². The van der Waals surface area contributed by atoms with Crippen molar-refractivity contribution in [2.45, 2.75) is 6.61 Å². The largest absolute Gasteiger partial charge is 0.378 e. The average molecular weight is 302 g/mol. The summed E-state index contributed by atoms with van der Waals surface area (Å²) in [4.78, 5) is 0. The van der Waals surface area contributed by atoms with E-state index in [1.807, 2.05) is 24.3 Å². The molecule has 0 bridgehead atoms. The summed E-state index contributed by atoms with van der Waals surface area (Å²) in [5.41, 5.74) is 1.74. The molecular weight excluding hydrogens is 291 g/mol. The molecule has 2 aromatic rings. The Morgan fingerprint density at radius 3 is 2.69 bits per heavy atom. The van der Waals surface area contributed by atoms with Crippen molar-refractivity contribution in [2.75, 3.05) is 7.11 Å². The quantitative estimate of drug-likeness (QED) is 0.868. The fourth-order valence-corrected chi connectivity index (χ4v) is 1.91. The highest BCUT2D eigenvalue weighted by molar-refractivity contribution is 9.10. The number of benzene rings is 1. The maximum absolute atomic E-state index is 6.09. The second-order valence-electron chi connectivity index (χ2n) is 3.28. The van der Waals surface area contributed by atoms with Crippen molar-refractivity contribution in [3.05, 3.63) is 45.7 Å². The van der Waals surface area contributed by atoms with Crippen LogP contribution in [0.2, 0.25) is 5.15 Å². The van der Waals surface area contributed by atoms with Crippen LogP contribution in [0.4, 0.5) is 0 Å². The van der Waals surface area contributed by atoms with E-state index >= 15 is 0 Å². The third-order valence-corrected chi connectivity index (χ3v) is 2.88. The topological polar surface area (TPSA) is 27.1 Å². The number of ether oxygens (including phenoxy) is 1. The Balaban J connectivity index is 2.36. The summed E-state index contributed by atoms with van der Waals surface area (Å²) >= 11 is 9.47. The van der Waals surface area contributed by atoms with Crippen molar-refractivity contribution >= 4 is 27.5 Å². The van der Waals surface area contributed by atoms with E-state index in [1.165, 1.54) is 0 Å². The summed E-state index contributed by atoms with van der Waals surface area (Å²) in [6, 6.07) is 9.58. The lowest BCUT2D eigenvalue weighted by Crippen LogP contribution is -1.97. The predicted molar refractivity (Wildman–Crippen MR) is 67.0 cm³/mol. The molecule has 5 heteroatoms. The summed E-state index contributed by atoms with van der Waals surface area (Å²) in [6.45, 7) is 0.462. The van der Waals surface area contributed by atoms with E-state index in [0.717, 1.165) is 15.9 Å². The molecule has 0 aliphatic carbocycles. The van der Waals surface area contributed by atoms with Crippen molar-refractivity contribution in [3.8, 4) is 5.69 Å². The highest BCUT2D eigenvalue weighted by Crippen LogP contribution is 2.19. The van der Waals surface area contributed by atoms with Gasteiger partial charge in [0.1, 0.15) is 5.15 Å². The van der Waals surface area contributed by atoms with E-state index in [2.05, 4.69) is 21.0 Å². The smallest absolute Gasteiger partial charge is 0.133 e. The lowest BCUT2D eigenvalue weighted by Gasteiger charge is -2.02. The third-order valence-electron chi connectivity index (χ3n) is 2.08. The summed E-state index contributed by atoms with van der Waals surface area (Å²) in [6.07, 6.45) is 0. The van der Waals surface area contributed by atoms with Crippen LogP contribution >= 0.6 is 27.5 Å². The van der Waals surface area contributed by atoms with Gasteiger partial charge in [0.2, 0.25) is 0 Å². The first kappa shape index (κ1) is 11.6. The van der Waals surface area contributed by atoms with Crippen LogP contribution in [0.3, 0.4) is 0 Å². The van der Waals surface area contributed by atoms with Crippen LogP contribution in [-0.2, 0) is 11.3 Å². The molecule has 16 heavy (non-hydrogen) atoms. The fourth-order valence-electron chi connectivity index (χ4n) is 1.39. The molecule has 0 saturated heterocycles. The van der Waals surface area contributed by atoms with Gasteiger partial charge in [-0.3, -0.25) is 0 Å². The van der Waals surface area contributed by atoms with Crippen molar-refractivity contribution in [3.63, 3.8) is 0 Å². The Morgan fingerprint density at radius 1 is 1.38 bits per heavy atom. The Kier molecular flexibility index (Phi) is 3.63. The zero-order valence-electron chi connectivity index (χ0n) is 8.65. The van der Waals surface area contributed by atoms with Crippen LogP contribution in [0.1, 0.15) is 5.69 Å². The van der Waals surface area contributed by atoms with Gasteiger partial charge in [-0.1, -0.05) is 27.5 Å². The molecule has 0 aliphatic heterocycles. The maximum atomic E-state index is 6.09. The number of aromatic nitrogens is 2. The van der Waals surface area contributed by atoms with Gasteiger partial charge in [0, 0.05) is 17.6 Å². The van der Waals surface area contributed by atoms with E-state index < -0.39 is 0 Å². The first-order chi connectivity index (χ1) is 7.70. The molecule has 0 N–H and O–H groups in total. The monoisotopic (exact) mass is 300 g/mol. The van der Waals surface area contributed by atoms with Gasteiger partial charge in [-0.05, 0) is 24.3 Å². The van der Waals surface area contributed by atoms with Crippen LogP contribution in [-0.4, -0.2) is 16.9 Å². The molecular formula is C11H10BrClN2O. The summed E-state index contributed by atoms with van der Waals surface area (Å²) in [5.74, 6) is 0. The van der Waals surface area contributed by atoms with Crippen LogP contribution in [0.25, 0.3) is 5.69 Å². The Hall–Kier alpha value is -0.840. The number of hydrogen-bond acceptors (Lipinski definition) is 2. The lowest BCUT2D eigenvalue weighted by atomic mass is 10.3. The number of hydrogen-bond donors (Lipinski definition) is 0. The molecule has 0 radical (unpaired) electrons. The third kappa shape index (κ3) is 2.45. The minimum atomic E-state index is 0.462. The molecule has 84 valence electrons. The molecule has 1 heterocycles. The Morgan fingerprint density at radius 2 is 2.06 bits per heavy atom. The molecule has 0 atom stereocenters. The standard InChI is InChI=1S/C11H10BrClN2O/c1-16-7-9-6-11(13)15(14-9)10-4-2-8(12)3-5-10/h2-6H,7H2,1H3. The van der Waals surface area contributed by atoms with Crippen molar-refractivity contribution in [1.82, 2.24) is 9.78 Å². The van der Waals surface area contributed by atoms with Gasteiger partial charge >= 0.3 is 0 Å². The zero-order valence-corrected chi connectivity index (χ0v) is 11.0. The molecule has 1 aromatic carbocycles. The number of nitrogens with zero attached hydrogens (tertiary/aromatic N) is 2. The molecule has 0 unspecified atom stereocenters. The molecule has 1 aromatic heterocycles. The zero-order chi connectivity index (χ0) is 11.5. The van der Waals surface area contributed by atoms with Gasteiger partial charge in [0.05, 0.1) is 18.0 Å². The van der Waals surface area contributed by atoms with Crippen molar-refractivity contribution < 1.29 is 4.74 Å². The lowest BCUT2D eigenvalue weighted by molar-refractivity contribution is 0.181. The van der Waals surface area contributed by atoms with Crippen LogP contribution < -0.4 is 0 Å². The van der Waals surface area contributed by atoms with Crippen LogP contribution in [0.15, 0.2) is 34.8 Å². The van der Waals surface area contributed by atoms with Gasteiger partial charge in [-0.15, -0.1) is 0 Å². The first-order valence-electron chi connectivity index (χ1n) is 4.70. The van der Waals surface area contributed by atoms with E-state index in [4.69, 9.17) is 16.3 Å². The maximum Gasteiger partial charge on any atom is 0.133 e. The van der Waals surface area contributed by atoms with Crippen molar-refractivity contribution in [2.24, 2.45) is 0 Å². The second-order valence-corrected chi connectivity index (χ2v) is 4.58. The van der Waals surface area contributed by atoms with E-state index in [1.54, 1.807) is 17.9 Å². The Labute approximate surface area is 107 Å². The summed E-state index contributed by atoms with van der Waals surface area (Å²) in [7, 11) is 1.63. The highest BCUT2D eigenvalue weighted by atomic mass is 79.9. The SMILES string of the molecule is COCc1cc(Cl)n(-c2ccc(Br)cc2)n1. The van der Waals surface area contributed by atoms with Gasteiger partial charge in [-0.25, -0.2) is 4.68 Å². The molecule has 2 rings (SSSR count). The molecule has 0 amide bonds. The summed E-state index contributed by atoms with van der Waals surface area (Å²) in [5, 5.41) is 4.92. The minimum absolute atomic E-state index is 0.462. The molecule has 0 aliphatic rings. The van der Waals surface area contributed by atoms with Crippen molar-refractivity contribution in [1.29, 1.82) is 0 Å². The number of methoxy groups -OCH3 is 1. The van der Waals surface area contributed by atoms with E-state index in [-0.39, 0.29) is 0 Å². The highest BCUT2D eigenvalue weighted by Gasteiger charge is 2.07. The van der Waals surface area contributed by atoms with Gasteiger partial charge in [-0.2, -0.15) is 5.10 Å². The first-order valence-corrected chi connectivity index (χ1v) is 5.87. The Bertz CT molecular complexity index is 481. The molecule has 3 nitrogen and oxygen atoms in total. The van der Waals surface area contributed by atoms with Gasteiger partial charge < -0.3 is 4.74 Å². The molecule has 0 spiro atoms. The van der Waals surface area contributed by atoms with E-state index in [0.29, 0.717) is 11.8 Å². The number of halogens is 2. The molecule has 0 fully saturated rings. The van der Waals surface area contributed by atoms with Crippen LogP contribution in [0, 0.1) is 0 Å². The minimum Gasteiger partial charge on any atom is -0.378 e. The second kappa shape index (κ2) is 4.99. The van der Waals surface area contributed by atoms with Gasteiger partial charge in [0.25, 0.3) is 0 Å². The summed E-state index contributed by atoms with van der Waals surface area (Å²) < 4.78 is 7.72. The molecule has 0 saturated carbocycles.